The molecule has 0 amide bonds. The van der Waals surface area contributed by atoms with Gasteiger partial charge in [-0.25, -0.2) is 8.42 Å². The van der Waals surface area contributed by atoms with Crippen LogP contribution < -0.4 is 4.74 Å². The Balaban J connectivity index is 1.69. The first-order valence-electron chi connectivity index (χ1n) is 6.79. The van der Waals surface area contributed by atoms with Gasteiger partial charge in [0.25, 0.3) is 0 Å². The number of hydrogen-bond donors (Lipinski definition) is 0. The average molecular weight is 319 g/mol. The highest BCUT2D eigenvalue weighted by Crippen LogP contribution is 2.25. The molecule has 4 nitrogen and oxygen atoms in total. The standard InChI is InChI=1S/C14H19ClO4S/c15-20(16,17)10-9-18-7-8-19-14-6-5-12-3-1-2-4-13(12)11-14/h5-6,11H,1-4,7-10H2. The Morgan fingerprint density at radius 3 is 2.55 bits per heavy atom. The van der Waals surface area contributed by atoms with Crippen molar-refractivity contribution >= 4 is 19.7 Å². The van der Waals surface area contributed by atoms with Crippen molar-refractivity contribution in [3.05, 3.63) is 29.3 Å². The number of rotatable bonds is 7. The zero-order valence-electron chi connectivity index (χ0n) is 11.3. The van der Waals surface area contributed by atoms with Gasteiger partial charge in [-0.2, -0.15) is 0 Å². The maximum absolute atomic E-state index is 10.7. The zero-order valence-corrected chi connectivity index (χ0v) is 12.9. The first-order valence-corrected chi connectivity index (χ1v) is 9.27. The van der Waals surface area contributed by atoms with Crippen LogP contribution in [-0.4, -0.2) is 34.0 Å². The van der Waals surface area contributed by atoms with E-state index in [9.17, 15) is 8.42 Å². The van der Waals surface area contributed by atoms with Crippen LogP contribution in [0.3, 0.4) is 0 Å². The highest BCUT2D eigenvalue weighted by molar-refractivity contribution is 8.13. The molecule has 0 unspecified atom stereocenters. The molecule has 0 heterocycles. The second kappa shape index (κ2) is 7.29. The molecule has 6 heteroatoms. The Morgan fingerprint density at radius 1 is 1.05 bits per heavy atom. The first-order chi connectivity index (χ1) is 9.54. The van der Waals surface area contributed by atoms with Gasteiger partial charge in [-0.05, 0) is 48.9 Å². The van der Waals surface area contributed by atoms with E-state index in [0.717, 1.165) is 18.6 Å². The molecule has 0 aliphatic heterocycles. The van der Waals surface area contributed by atoms with Crippen molar-refractivity contribution in [2.45, 2.75) is 25.7 Å². The van der Waals surface area contributed by atoms with Crippen molar-refractivity contribution in [1.29, 1.82) is 0 Å². The van der Waals surface area contributed by atoms with E-state index in [0.29, 0.717) is 13.2 Å². The molecule has 0 spiro atoms. The van der Waals surface area contributed by atoms with Crippen molar-refractivity contribution < 1.29 is 17.9 Å². The zero-order chi connectivity index (χ0) is 14.4. The SMILES string of the molecule is O=S(=O)(Cl)CCOCCOc1ccc2c(c1)CCCC2. The van der Waals surface area contributed by atoms with E-state index in [4.69, 9.17) is 20.2 Å². The second-order valence-electron chi connectivity index (χ2n) is 4.84. The lowest BCUT2D eigenvalue weighted by atomic mass is 9.92. The molecule has 1 aromatic carbocycles. The van der Waals surface area contributed by atoms with E-state index in [1.54, 1.807) is 0 Å². The van der Waals surface area contributed by atoms with Crippen molar-refractivity contribution in [1.82, 2.24) is 0 Å². The summed E-state index contributed by atoms with van der Waals surface area (Å²) in [5.74, 6) is 0.673. The van der Waals surface area contributed by atoms with Crippen LogP contribution in [-0.2, 0) is 26.6 Å². The van der Waals surface area contributed by atoms with Gasteiger partial charge in [0.15, 0.2) is 0 Å². The number of fused-ring (bicyclic) bond motifs is 1. The highest BCUT2D eigenvalue weighted by atomic mass is 35.7. The molecule has 112 valence electrons. The summed E-state index contributed by atoms with van der Waals surface area (Å²) >= 11 is 0. The maximum Gasteiger partial charge on any atom is 0.234 e. The van der Waals surface area contributed by atoms with E-state index in [1.165, 1.54) is 24.0 Å². The van der Waals surface area contributed by atoms with Crippen LogP contribution in [0.15, 0.2) is 18.2 Å². The summed E-state index contributed by atoms with van der Waals surface area (Å²) in [7, 11) is 1.60. The molecule has 0 fully saturated rings. The molecule has 0 aromatic heterocycles. The second-order valence-corrected chi connectivity index (χ2v) is 7.74. The minimum atomic E-state index is -3.47. The number of benzene rings is 1. The Labute approximate surface area is 124 Å². The topological polar surface area (TPSA) is 52.6 Å². The lowest BCUT2D eigenvalue weighted by Gasteiger charge is -2.16. The quantitative estimate of drug-likeness (QED) is 0.572. The fourth-order valence-corrected chi connectivity index (χ4v) is 2.78. The molecule has 0 saturated carbocycles. The van der Waals surface area contributed by atoms with Crippen molar-refractivity contribution in [3.8, 4) is 5.75 Å². The molecule has 0 radical (unpaired) electrons. The monoisotopic (exact) mass is 318 g/mol. The Hall–Kier alpha value is -0.780. The van der Waals surface area contributed by atoms with Crippen molar-refractivity contribution in [2.24, 2.45) is 0 Å². The van der Waals surface area contributed by atoms with Crippen LogP contribution in [0.5, 0.6) is 5.75 Å². The molecule has 0 saturated heterocycles. The lowest BCUT2D eigenvalue weighted by molar-refractivity contribution is 0.111. The summed E-state index contributed by atoms with van der Waals surface area (Å²) in [4.78, 5) is 0. The van der Waals surface area contributed by atoms with E-state index >= 15 is 0 Å². The first kappa shape index (κ1) is 15.6. The van der Waals surface area contributed by atoms with Gasteiger partial charge in [-0.15, -0.1) is 0 Å². The van der Waals surface area contributed by atoms with Crippen LogP contribution in [0.4, 0.5) is 0 Å². The molecule has 0 bridgehead atoms. The molecule has 1 aliphatic rings. The molecule has 1 aliphatic carbocycles. The third kappa shape index (κ3) is 5.31. The van der Waals surface area contributed by atoms with Crippen LogP contribution in [0.1, 0.15) is 24.0 Å². The molecular formula is C14H19ClO4S. The summed E-state index contributed by atoms with van der Waals surface area (Å²) < 4.78 is 32.1. The van der Waals surface area contributed by atoms with E-state index in [2.05, 4.69) is 12.1 Å². The molecular weight excluding hydrogens is 300 g/mol. The normalized spacial score (nSPS) is 14.8. The largest absolute Gasteiger partial charge is 0.491 e. The third-order valence-corrected chi connectivity index (χ3v) is 4.41. The summed E-state index contributed by atoms with van der Waals surface area (Å²) in [5.41, 5.74) is 2.80. The van der Waals surface area contributed by atoms with E-state index in [1.807, 2.05) is 6.07 Å². The van der Waals surface area contributed by atoms with E-state index < -0.39 is 9.05 Å². The fourth-order valence-electron chi connectivity index (χ4n) is 2.28. The third-order valence-electron chi connectivity index (χ3n) is 3.29. The Kier molecular flexibility index (Phi) is 5.69. The molecule has 1 aromatic rings. The van der Waals surface area contributed by atoms with Gasteiger partial charge < -0.3 is 9.47 Å². The molecule has 0 N–H and O–H groups in total. The van der Waals surface area contributed by atoms with Crippen LogP contribution in [0.2, 0.25) is 0 Å². The lowest BCUT2D eigenvalue weighted by Crippen LogP contribution is -2.12. The summed E-state index contributed by atoms with van der Waals surface area (Å²) in [6.45, 7) is 0.851. The van der Waals surface area contributed by atoms with Gasteiger partial charge in [0, 0.05) is 10.7 Å². The minimum absolute atomic E-state index is 0.0966. The summed E-state index contributed by atoms with van der Waals surface area (Å²) in [6.07, 6.45) is 4.79. The smallest absolute Gasteiger partial charge is 0.234 e. The van der Waals surface area contributed by atoms with Gasteiger partial charge in [0.2, 0.25) is 9.05 Å². The highest BCUT2D eigenvalue weighted by Gasteiger charge is 2.09. The van der Waals surface area contributed by atoms with Crippen molar-refractivity contribution in [3.63, 3.8) is 0 Å². The Morgan fingerprint density at radius 2 is 1.80 bits per heavy atom. The number of hydrogen-bond acceptors (Lipinski definition) is 4. The van der Waals surface area contributed by atoms with Crippen LogP contribution in [0.25, 0.3) is 0 Å². The number of ether oxygens (including phenoxy) is 2. The minimum Gasteiger partial charge on any atom is -0.491 e. The maximum atomic E-state index is 10.7. The number of halogens is 1. The Bertz CT molecular complexity index is 542. The summed E-state index contributed by atoms with van der Waals surface area (Å²) in [6, 6.07) is 6.20. The number of aryl methyl sites for hydroxylation is 2. The van der Waals surface area contributed by atoms with Gasteiger partial charge in [0.05, 0.1) is 19.0 Å². The van der Waals surface area contributed by atoms with Crippen LogP contribution in [0, 0.1) is 0 Å². The van der Waals surface area contributed by atoms with Gasteiger partial charge in [-0.1, -0.05) is 6.07 Å². The van der Waals surface area contributed by atoms with Gasteiger partial charge in [0.1, 0.15) is 12.4 Å². The predicted molar refractivity (Wildman–Crippen MR) is 79.0 cm³/mol. The van der Waals surface area contributed by atoms with Gasteiger partial charge >= 0.3 is 0 Å². The summed E-state index contributed by atoms with van der Waals surface area (Å²) in [5, 5.41) is 0. The van der Waals surface area contributed by atoms with E-state index in [-0.39, 0.29) is 12.4 Å². The fraction of sp³-hybridized carbons (Fsp3) is 0.571. The van der Waals surface area contributed by atoms with Crippen molar-refractivity contribution in [2.75, 3.05) is 25.6 Å². The van der Waals surface area contributed by atoms with Crippen LogP contribution >= 0.6 is 10.7 Å². The predicted octanol–water partition coefficient (Wildman–Crippen LogP) is 2.53. The average Bonchev–Trinajstić information content (AvgIpc) is 2.41. The van der Waals surface area contributed by atoms with Gasteiger partial charge in [-0.3, -0.25) is 0 Å². The molecule has 2 rings (SSSR count). The molecule has 20 heavy (non-hydrogen) atoms. The molecule has 0 atom stereocenters.